The fourth-order valence-corrected chi connectivity index (χ4v) is 1.79. The molecule has 0 aliphatic rings. The molecule has 1 aromatic carbocycles. The average Bonchev–Trinajstić information content (AvgIpc) is 2.17. The lowest BCUT2D eigenvalue weighted by atomic mass is 10.1. The molecule has 0 bridgehead atoms. The zero-order valence-electron chi connectivity index (χ0n) is 9.39. The van der Waals surface area contributed by atoms with Crippen molar-refractivity contribution in [3.8, 4) is 0 Å². The molecular weight excluding hydrogens is 252 g/mol. The Morgan fingerprint density at radius 2 is 2.20 bits per heavy atom. The largest absolute Gasteiger partial charge is 0.385 e. The van der Waals surface area contributed by atoms with Gasteiger partial charge in [-0.1, -0.05) is 22.0 Å². The second-order valence-corrected chi connectivity index (χ2v) is 4.92. The Morgan fingerprint density at radius 1 is 1.47 bits per heavy atom. The van der Waals surface area contributed by atoms with E-state index in [-0.39, 0.29) is 0 Å². The van der Waals surface area contributed by atoms with Gasteiger partial charge >= 0.3 is 0 Å². The quantitative estimate of drug-likeness (QED) is 0.806. The molecule has 1 unspecified atom stereocenters. The second-order valence-electron chi connectivity index (χ2n) is 4.01. The molecule has 0 saturated heterocycles. The number of anilines is 1. The van der Waals surface area contributed by atoms with Crippen molar-refractivity contribution in [3.05, 3.63) is 28.2 Å². The van der Waals surface area contributed by atoms with E-state index in [9.17, 15) is 0 Å². The Bertz CT molecular complexity index is 310. The summed E-state index contributed by atoms with van der Waals surface area (Å²) in [4.78, 5) is 0. The first-order valence-corrected chi connectivity index (χ1v) is 6.14. The normalized spacial score (nSPS) is 12.5. The maximum atomic E-state index is 5.69. The monoisotopic (exact) mass is 270 g/mol. The molecule has 0 saturated carbocycles. The van der Waals surface area contributed by atoms with Gasteiger partial charge in [0.25, 0.3) is 0 Å². The number of nitrogens with two attached hydrogens (primary N) is 1. The van der Waals surface area contributed by atoms with Gasteiger partial charge in [0.2, 0.25) is 0 Å². The first-order valence-electron chi connectivity index (χ1n) is 5.35. The van der Waals surface area contributed by atoms with E-state index in [1.54, 1.807) is 0 Å². The van der Waals surface area contributed by atoms with Crippen LogP contribution in [-0.4, -0.2) is 12.6 Å². The lowest BCUT2D eigenvalue weighted by Gasteiger charge is -2.10. The van der Waals surface area contributed by atoms with E-state index in [2.05, 4.69) is 46.4 Å². The van der Waals surface area contributed by atoms with Crippen LogP contribution in [0.4, 0.5) is 5.69 Å². The van der Waals surface area contributed by atoms with E-state index in [1.807, 2.05) is 6.92 Å². The van der Waals surface area contributed by atoms with Crippen LogP contribution in [0.15, 0.2) is 22.7 Å². The maximum Gasteiger partial charge on any atom is 0.0381 e. The molecule has 0 aromatic heterocycles. The average molecular weight is 271 g/mol. The van der Waals surface area contributed by atoms with E-state index in [4.69, 9.17) is 5.73 Å². The topological polar surface area (TPSA) is 38.0 Å². The fraction of sp³-hybridized carbons (Fsp3) is 0.500. The van der Waals surface area contributed by atoms with Crippen molar-refractivity contribution in [1.29, 1.82) is 0 Å². The summed E-state index contributed by atoms with van der Waals surface area (Å²) < 4.78 is 1.11. The van der Waals surface area contributed by atoms with Crippen LogP contribution in [0.3, 0.4) is 0 Å². The van der Waals surface area contributed by atoms with Gasteiger partial charge in [0.05, 0.1) is 0 Å². The summed E-state index contributed by atoms with van der Waals surface area (Å²) in [5.41, 5.74) is 8.17. The summed E-state index contributed by atoms with van der Waals surface area (Å²) in [7, 11) is 0. The summed E-state index contributed by atoms with van der Waals surface area (Å²) >= 11 is 3.47. The lowest BCUT2D eigenvalue weighted by Crippen LogP contribution is -2.16. The highest BCUT2D eigenvalue weighted by molar-refractivity contribution is 9.10. The van der Waals surface area contributed by atoms with Crippen LogP contribution in [0.2, 0.25) is 0 Å². The molecule has 3 heteroatoms. The summed E-state index contributed by atoms with van der Waals surface area (Å²) in [5.74, 6) is 0. The van der Waals surface area contributed by atoms with Crippen LogP contribution in [0.1, 0.15) is 25.3 Å². The molecule has 0 aliphatic heterocycles. The van der Waals surface area contributed by atoms with E-state index >= 15 is 0 Å². The van der Waals surface area contributed by atoms with Gasteiger partial charge in [0.15, 0.2) is 0 Å². The third-order valence-electron chi connectivity index (χ3n) is 2.35. The highest BCUT2D eigenvalue weighted by atomic mass is 79.9. The molecule has 84 valence electrons. The number of hydrogen-bond acceptors (Lipinski definition) is 2. The third kappa shape index (κ3) is 4.67. The number of halogens is 1. The summed E-state index contributed by atoms with van der Waals surface area (Å²) in [6, 6.07) is 6.58. The van der Waals surface area contributed by atoms with Crippen LogP contribution in [0.5, 0.6) is 0 Å². The number of nitrogens with one attached hydrogen (secondary N) is 1. The number of rotatable bonds is 5. The molecular formula is C12H19BrN2. The number of benzene rings is 1. The van der Waals surface area contributed by atoms with Gasteiger partial charge in [-0.15, -0.1) is 0 Å². The molecule has 1 aromatic rings. The SMILES string of the molecule is Cc1ccc(Br)cc1NCCCC(C)N. The van der Waals surface area contributed by atoms with Crippen LogP contribution in [-0.2, 0) is 0 Å². The van der Waals surface area contributed by atoms with Gasteiger partial charge in [-0.2, -0.15) is 0 Å². The van der Waals surface area contributed by atoms with E-state index in [0.29, 0.717) is 6.04 Å². The zero-order valence-corrected chi connectivity index (χ0v) is 11.0. The van der Waals surface area contributed by atoms with E-state index in [1.165, 1.54) is 11.3 Å². The first kappa shape index (κ1) is 12.5. The predicted octanol–water partition coefficient (Wildman–Crippen LogP) is 3.30. The molecule has 0 aliphatic carbocycles. The maximum absolute atomic E-state index is 5.69. The minimum Gasteiger partial charge on any atom is -0.385 e. The lowest BCUT2D eigenvalue weighted by molar-refractivity contribution is 0.639. The Morgan fingerprint density at radius 3 is 2.87 bits per heavy atom. The van der Waals surface area contributed by atoms with Crippen molar-refractivity contribution >= 4 is 21.6 Å². The number of aryl methyl sites for hydroxylation is 1. The highest BCUT2D eigenvalue weighted by Gasteiger charge is 1.99. The second kappa shape index (κ2) is 6.13. The molecule has 1 rings (SSSR count). The van der Waals surface area contributed by atoms with E-state index < -0.39 is 0 Å². The Hall–Kier alpha value is -0.540. The summed E-state index contributed by atoms with van der Waals surface area (Å²) in [5, 5.41) is 3.42. The molecule has 0 spiro atoms. The standard InChI is InChI=1S/C12H19BrN2/c1-9-5-6-11(13)8-12(9)15-7-3-4-10(2)14/h5-6,8,10,15H,3-4,7,14H2,1-2H3. The van der Waals surface area contributed by atoms with Crippen LogP contribution < -0.4 is 11.1 Å². The van der Waals surface area contributed by atoms with Crippen molar-refractivity contribution in [2.75, 3.05) is 11.9 Å². The van der Waals surface area contributed by atoms with Crippen LogP contribution in [0, 0.1) is 6.92 Å². The molecule has 2 nitrogen and oxygen atoms in total. The van der Waals surface area contributed by atoms with Gasteiger partial charge in [-0.25, -0.2) is 0 Å². The summed E-state index contributed by atoms with van der Waals surface area (Å²) in [6.45, 7) is 5.14. The molecule has 1 atom stereocenters. The minimum absolute atomic E-state index is 0.301. The van der Waals surface area contributed by atoms with Crippen molar-refractivity contribution in [2.24, 2.45) is 5.73 Å². The van der Waals surface area contributed by atoms with Crippen LogP contribution in [0.25, 0.3) is 0 Å². The predicted molar refractivity (Wildman–Crippen MR) is 70.3 cm³/mol. The van der Waals surface area contributed by atoms with Gasteiger partial charge in [0, 0.05) is 22.7 Å². The van der Waals surface area contributed by atoms with Crippen molar-refractivity contribution in [3.63, 3.8) is 0 Å². The van der Waals surface area contributed by atoms with Crippen molar-refractivity contribution in [1.82, 2.24) is 0 Å². The van der Waals surface area contributed by atoms with Crippen molar-refractivity contribution in [2.45, 2.75) is 32.7 Å². The molecule has 0 radical (unpaired) electrons. The Balaban J connectivity index is 2.40. The number of hydrogen-bond donors (Lipinski definition) is 2. The molecule has 0 amide bonds. The highest BCUT2D eigenvalue weighted by Crippen LogP contribution is 2.20. The van der Waals surface area contributed by atoms with Crippen LogP contribution >= 0.6 is 15.9 Å². The fourth-order valence-electron chi connectivity index (χ4n) is 1.43. The minimum atomic E-state index is 0.301. The molecule has 3 N–H and O–H groups in total. The smallest absolute Gasteiger partial charge is 0.0381 e. The molecule has 0 heterocycles. The molecule has 15 heavy (non-hydrogen) atoms. The van der Waals surface area contributed by atoms with Gasteiger partial charge in [-0.05, 0) is 44.4 Å². The third-order valence-corrected chi connectivity index (χ3v) is 2.84. The first-order chi connectivity index (χ1) is 7.09. The van der Waals surface area contributed by atoms with Crippen molar-refractivity contribution < 1.29 is 0 Å². The van der Waals surface area contributed by atoms with E-state index in [0.717, 1.165) is 23.9 Å². The zero-order chi connectivity index (χ0) is 11.3. The van der Waals surface area contributed by atoms with Gasteiger partial charge in [-0.3, -0.25) is 0 Å². The Kier molecular flexibility index (Phi) is 5.12. The van der Waals surface area contributed by atoms with Gasteiger partial charge in [0.1, 0.15) is 0 Å². The molecule has 0 fully saturated rings. The summed E-state index contributed by atoms with van der Waals surface area (Å²) in [6.07, 6.45) is 2.18. The Labute approximate surface area is 100 Å². The van der Waals surface area contributed by atoms with Gasteiger partial charge < -0.3 is 11.1 Å².